The Morgan fingerprint density at radius 2 is 1.84 bits per heavy atom. The number of aromatic amines is 1. The molecule has 19 heavy (non-hydrogen) atoms. The van der Waals surface area contributed by atoms with Crippen molar-refractivity contribution >= 4 is 28.3 Å². The van der Waals surface area contributed by atoms with Crippen molar-refractivity contribution in [1.29, 1.82) is 0 Å². The zero-order chi connectivity index (χ0) is 13.6. The third-order valence-electron chi connectivity index (χ3n) is 2.79. The number of H-pyrrole nitrogens is 1. The topological polar surface area (TPSA) is 54.7 Å². The molecule has 6 heteroatoms. The smallest absolute Gasteiger partial charge is 0.161 e. The Hall–Kier alpha value is -2.14. The molecule has 0 aliphatic carbocycles. The van der Waals surface area contributed by atoms with E-state index in [1.807, 2.05) is 0 Å². The van der Waals surface area contributed by atoms with Crippen molar-refractivity contribution in [2.75, 3.05) is 5.73 Å². The number of fused-ring (bicyclic) bond motifs is 1. The molecule has 0 amide bonds. The fraction of sp³-hybridized carbons (Fsp3) is 0. The Balaban J connectivity index is 2.20. The molecule has 1 aromatic heterocycles. The number of aromatic nitrogens is 2. The van der Waals surface area contributed by atoms with Gasteiger partial charge in [-0.15, -0.1) is 0 Å². The highest BCUT2D eigenvalue weighted by atomic mass is 35.5. The van der Waals surface area contributed by atoms with Crippen LogP contribution in [0.15, 0.2) is 30.3 Å². The second-order valence-corrected chi connectivity index (χ2v) is 4.54. The van der Waals surface area contributed by atoms with Gasteiger partial charge in [0.1, 0.15) is 5.82 Å². The molecule has 0 saturated carbocycles. The summed E-state index contributed by atoms with van der Waals surface area (Å²) in [5.41, 5.74) is 7.65. The fourth-order valence-corrected chi connectivity index (χ4v) is 2.06. The number of nitrogen functional groups attached to an aromatic ring is 1. The van der Waals surface area contributed by atoms with Crippen LogP contribution in [0.25, 0.3) is 22.4 Å². The summed E-state index contributed by atoms with van der Waals surface area (Å²) in [6, 6.07) is 7.05. The number of nitrogens with two attached hydrogens (primary N) is 1. The van der Waals surface area contributed by atoms with Crippen LogP contribution in [0.4, 0.5) is 14.5 Å². The Bertz CT molecular complexity index is 744. The second kappa shape index (κ2) is 4.20. The van der Waals surface area contributed by atoms with Crippen LogP contribution in [-0.4, -0.2) is 9.97 Å². The number of halogens is 3. The van der Waals surface area contributed by atoms with E-state index >= 15 is 0 Å². The maximum atomic E-state index is 13.1. The standard InChI is InChI=1S/C13H8ClF2N3/c14-6-1-2-7(10(17)3-6)13-18-11-4-8(15)9(16)5-12(11)19-13/h1-5H,17H2,(H,18,19). The molecule has 0 spiro atoms. The van der Waals surface area contributed by atoms with E-state index in [0.717, 1.165) is 12.1 Å². The highest BCUT2D eigenvalue weighted by Crippen LogP contribution is 2.28. The molecule has 0 radical (unpaired) electrons. The molecule has 0 unspecified atom stereocenters. The Morgan fingerprint density at radius 3 is 2.58 bits per heavy atom. The van der Waals surface area contributed by atoms with Crippen LogP contribution in [0.5, 0.6) is 0 Å². The predicted molar refractivity (Wildman–Crippen MR) is 70.9 cm³/mol. The summed E-state index contributed by atoms with van der Waals surface area (Å²) in [7, 11) is 0. The van der Waals surface area contributed by atoms with E-state index in [0.29, 0.717) is 33.1 Å². The third kappa shape index (κ3) is 2.02. The highest BCUT2D eigenvalue weighted by molar-refractivity contribution is 6.31. The summed E-state index contributed by atoms with van der Waals surface area (Å²) in [6.07, 6.45) is 0. The molecule has 2 aromatic carbocycles. The number of rotatable bonds is 1. The summed E-state index contributed by atoms with van der Waals surface area (Å²) >= 11 is 5.81. The lowest BCUT2D eigenvalue weighted by Gasteiger charge is -2.02. The number of hydrogen-bond acceptors (Lipinski definition) is 2. The minimum absolute atomic E-state index is 0.336. The summed E-state index contributed by atoms with van der Waals surface area (Å²) in [6.45, 7) is 0. The molecule has 0 fully saturated rings. The molecule has 3 N–H and O–H groups in total. The van der Waals surface area contributed by atoms with Crippen LogP contribution in [0.2, 0.25) is 5.02 Å². The van der Waals surface area contributed by atoms with Crippen LogP contribution in [0.3, 0.4) is 0 Å². The Labute approximate surface area is 112 Å². The zero-order valence-electron chi connectivity index (χ0n) is 9.55. The number of benzene rings is 2. The quantitative estimate of drug-likeness (QED) is 0.667. The first-order chi connectivity index (χ1) is 9.04. The number of anilines is 1. The van der Waals surface area contributed by atoms with Gasteiger partial charge in [-0.2, -0.15) is 0 Å². The first-order valence-corrected chi connectivity index (χ1v) is 5.82. The van der Waals surface area contributed by atoms with Gasteiger partial charge in [-0.3, -0.25) is 0 Å². The maximum Gasteiger partial charge on any atom is 0.161 e. The predicted octanol–water partition coefficient (Wildman–Crippen LogP) is 3.74. The monoisotopic (exact) mass is 279 g/mol. The third-order valence-corrected chi connectivity index (χ3v) is 3.03. The number of imidazole rings is 1. The highest BCUT2D eigenvalue weighted by Gasteiger charge is 2.11. The molecule has 0 atom stereocenters. The summed E-state index contributed by atoms with van der Waals surface area (Å²) in [4.78, 5) is 7.09. The van der Waals surface area contributed by atoms with Crippen LogP contribution < -0.4 is 5.73 Å². The van der Waals surface area contributed by atoms with E-state index < -0.39 is 11.6 Å². The van der Waals surface area contributed by atoms with Crippen LogP contribution in [-0.2, 0) is 0 Å². The van der Waals surface area contributed by atoms with Crippen LogP contribution in [0.1, 0.15) is 0 Å². The lowest BCUT2D eigenvalue weighted by molar-refractivity contribution is 0.510. The van der Waals surface area contributed by atoms with Gasteiger partial charge in [-0.05, 0) is 18.2 Å². The van der Waals surface area contributed by atoms with Gasteiger partial charge in [0, 0.05) is 28.4 Å². The maximum absolute atomic E-state index is 13.1. The van der Waals surface area contributed by atoms with Gasteiger partial charge in [0.15, 0.2) is 11.6 Å². The van der Waals surface area contributed by atoms with E-state index in [9.17, 15) is 8.78 Å². The zero-order valence-corrected chi connectivity index (χ0v) is 10.3. The number of hydrogen-bond donors (Lipinski definition) is 2. The Kier molecular flexibility index (Phi) is 2.64. The molecule has 1 heterocycles. The molecule has 0 aliphatic heterocycles. The van der Waals surface area contributed by atoms with Crippen molar-refractivity contribution in [2.45, 2.75) is 0 Å². The molecular formula is C13H8ClF2N3. The van der Waals surface area contributed by atoms with E-state index in [4.69, 9.17) is 17.3 Å². The average molecular weight is 280 g/mol. The van der Waals surface area contributed by atoms with Crippen molar-refractivity contribution in [3.63, 3.8) is 0 Å². The molecule has 3 aromatic rings. The van der Waals surface area contributed by atoms with Crippen molar-refractivity contribution in [3.05, 3.63) is 47.0 Å². The van der Waals surface area contributed by atoms with Gasteiger partial charge in [-0.1, -0.05) is 11.6 Å². The molecule has 96 valence electrons. The minimum Gasteiger partial charge on any atom is -0.398 e. The summed E-state index contributed by atoms with van der Waals surface area (Å²) < 4.78 is 26.2. The van der Waals surface area contributed by atoms with E-state index in [1.54, 1.807) is 18.2 Å². The van der Waals surface area contributed by atoms with Crippen molar-refractivity contribution in [2.24, 2.45) is 0 Å². The number of nitrogens with zero attached hydrogens (tertiary/aromatic N) is 1. The van der Waals surface area contributed by atoms with Gasteiger partial charge < -0.3 is 10.7 Å². The molecule has 0 aliphatic rings. The van der Waals surface area contributed by atoms with Gasteiger partial charge in [0.05, 0.1) is 11.0 Å². The Morgan fingerprint density at radius 1 is 1.11 bits per heavy atom. The number of nitrogens with one attached hydrogen (secondary N) is 1. The van der Waals surface area contributed by atoms with E-state index in [2.05, 4.69) is 9.97 Å². The van der Waals surface area contributed by atoms with Gasteiger partial charge >= 0.3 is 0 Å². The molecule has 0 saturated heterocycles. The normalized spacial score (nSPS) is 11.1. The van der Waals surface area contributed by atoms with Gasteiger partial charge in [0.2, 0.25) is 0 Å². The lowest BCUT2D eigenvalue weighted by atomic mass is 10.2. The van der Waals surface area contributed by atoms with Crippen LogP contribution in [0, 0.1) is 11.6 Å². The van der Waals surface area contributed by atoms with E-state index in [1.165, 1.54) is 0 Å². The molecular weight excluding hydrogens is 272 g/mol. The van der Waals surface area contributed by atoms with E-state index in [-0.39, 0.29) is 0 Å². The average Bonchev–Trinajstić information content (AvgIpc) is 2.72. The van der Waals surface area contributed by atoms with Crippen molar-refractivity contribution < 1.29 is 8.78 Å². The first kappa shape index (κ1) is 11.9. The SMILES string of the molecule is Nc1cc(Cl)ccc1-c1nc2cc(F)c(F)cc2[nH]1. The lowest BCUT2D eigenvalue weighted by Crippen LogP contribution is -1.90. The largest absolute Gasteiger partial charge is 0.398 e. The first-order valence-electron chi connectivity index (χ1n) is 5.45. The molecule has 3 nitrogen and oxygen atoms in total. The van der Waals surface area contributed by atoms with Gasteiger partial charge in [-0.25, -0.2) is 13.8 Å². The second-order valence-electron chi connectivity index (χ2n) is 4.10. The summed E-state index contributed by atoms with van der Waals surface area (Å²) in [5, 5.41) is 0.509. The molecule has 3 rings (SSSR count). The van der Waals surface area contributed by atoms with Crippen LogP contribution >= 0.6 is 11.6 Å². The fourth-order valence-electron chi connectivity index (χ4n) is 1.88. The summed E-state index contributed by atoms with van der Waals surface area (Å²) in [5.74, 6) is -1.42. The van der Waals surface area contributed by atoms with Crippen molar-refractivity contribution in [3.8, 4) is 11.4 Å². The minimum atomic E-state index is -0.936. The molecule has 0 bridgehead atoms. The van der Waals surface area contributed by atoms with Crippen molar-refractivity contribution in [1.82, 2.24) is 9.97 Å². The van der Waals surface area contributed by atoms with Gasteiger partial charge in [0.25, 0.3) is 0 Å².